The smallest absolute Gasteiger partial charge is 0.240 e. The van der Waals surface area contributed by atoms with Crippen LogP contribution in [0.1, 0.15) is 20.3 Å². The number of ether oxygens (including phenoxy) is 1. The molecular formula is C13H19BrClNO3S. The van der Waals surface area contributed by atoms with E-state index >= 15 is 0 Å². The molecule has 0 atom stereocenters. The van der Waals surface area contributed by atoms with E-state index in [2.05, 4.69) is 34.5 Å². The van der Waals surface area contributed by atoms with E-state index in [1.54, 1.807) is 6.07 Å². The highest BCUT2D eigenvalue weighted by atomic mass is 79.9. The fourth-order valence-corrected chi connectivity index (χ4v) is 3.08. The van der Waals surface area contributed by atoms with Crippen molar-refractivity contribution in [1.82, 2.24) is 4.72 Å². The lowest BCUT2D eigenvalue weighted by Gasteiger charge is -2.09. The first-order valence-corrected chi connectivity index (χ1v) is 9.01. The Morgan fingerprint density at radius 1 is 1.35 bits per heavy atom. The van der Waals surface area contributed by atoms with Crippen molar-refractivity contribution in [1.29, 1.82) is 0 Å². The van der Waals surface area contributed by atoms with Gasteiger partial charge in [-0.2, -0.15) is 0 Å². The van der Waals surface area contributed by atoms with E-state index < -0.39 is 10.0 Å². The van der Waals surface area contributed by atoms with Crippen LogP contribution in [0.4, 0.5) is 0 Å². The molecule has 114 valence electrons. The molecule has 0 heterocycles. The normalized spacial score (nSPS) is 12.1. The Morgan fingerprint density at radius 2 is 2.05 bits per heavy atom. The second kappa shape index (κ2) is 8.34. The molecule has 4 nitrogen and oxygen atoms in total. The topological polar surface area (TPSA) is 55.4 Å². The Kier molecular flexibility index (Phi) is 7.47. The van der Waals surface area contributed by atoms with Crippen molar-refractivity contribution >= 4 is 37.6 Å². The van der Waals surface area contributed by atoms with Crippen molar-refractivity contribution in [2.24, 2.45) is 5.92 Å². The van der Waals surface area contributed by atoms with Crippen LogP contribution in [-0.4, -0.2) is 28.2 Å². The van der Waals surface area contributed by atoms with Gasteiger partial charge in [-0.05, 0) is 46.5 Å². The summed E-state index contributed by atoms with van der Waals surface area (Å²) in [5, 5.41) is 0.473. The maximum Gasteiger partial charge on any atom is 0.240 e. The van der Waals surface area contributed by atoms with Crippen molar-refractivity contribution in [2.75, 3.05) is 19.8 Å². The predicted molar refractivity (Wildman–Crippen MR) is 84.6 cm³/mol. The Labute approximate surface area is 134 Å². The highest BCUT2D eigenvalue weighted by Crippen LogP contribution is 2.25. The van der Waals surface area contributed by atoms with Crippen molar-refractivity contribution in [3.63, 3.8) is 0 Å². The molecule has 0 aromatic heterocycles. The largest absolute Gasteiger partial charge is 0.380 e. The average molecular weight is 385 g/mol. The van der Waals surface area contributed by atoms with Crippen LogP contribution >= 0.6 is 27.5 Å². The summed E-state index contributed by atoms with van der Waals surface area (Å²) in [7, 11) is -3.52. The summed E-state index contributed by atoms with van der Waals surface area (Å²) in [4.78, 5) is 0.177. The molecule has 0 aliphatic rings. The zero-order valence-electron chi connectivity index (χ0n) is 11.5. The van der Waals surface area contributed by atoms with Crippen LogP contribution in [-0.2, 0) is 14.8 Å². The Bertz CT molecular complexity index is 534. The highest BCUT2D eigenvalue weighted by molar-refractivity contribution is 9.10. The first-order valence-electron chi connectivity index (χ1n) is 6.35. The molecule has 1 aromatic carbocycles. The highest BCUT2D eigenvalue weighted by Gasteiger charge is 2.14. The van der Waals surface area contributed by atoms with Crippen molar-refractivity contribution in [3.8, 4) is 0 Å². The van der Waals surface area contributed by atoms with Gasteiger partial charge in [-0.1, -0.05) is 25.4 Å². The summed E-state index contributed by atoms with van der Waals surface area (Å²) < 4.78 is 32.4. The van der Waals surface area contributed by atoms with Crippen LogP contribution in [0.15, 0.2) is 27.6 Å². The van der Waals surface area contributed by atoms with E-state index in [9.17, 15) is 8.42 Å². The van der Waals surface area contributed by atoms with Crippen molar-refractivity contribution in [2.45, 2.75) is 25.2 Å². The molecule has 7 heteroatoms. The lowest BCUT2D eigenvalue weighted by molar-refractivity contribution is 0.128. The van der Waals surface area contributed by atoms with Gasteiger partial charge in [0.1, 0.15) is 0 Å². The Balaban J connectivity index is 2.43. The lowest BCUT2D eigenvalue weighted by atomic mass is 10.1. The molecule has 1 N–H and O–H groups in total. The van der Waals surface area contributed by atoms with Crippen LogP contribution in [0.3, 0.4) is 0 Å². The summed E-state index contributed by atoms with van der Waals surface area (Å²) in [6.07, 6.45) is 0.969. The van der Waals surface area contributed by atoms with Gasteiger partial charge in [-0.25, -0.2) is 13.1 Å². The number of hydrogen-bond acceptors (Lipinski definition) is 3. The van der Waals surface area contributed by atoms with Crippen molar-refractivity contribution in [3.05, 3.63) is 27.7 Å². The molecule has 0 aliphatic carbocycles. The SMILES string of the molecule is CC(C)CCOCCNS(=O)(=O)c1ccc(Cl)c(Br)c1. The summed E-state index contributed by atoms with van der Waals surface area (Å²) in [6, 6.07) is 4.48. The van der Waals surface area contributed by atoms with Gasteiger partial charge in [0.15, 0.2) is 0 Å². The van der Waals surface area contributed by atoms with Crippen LogP contribution in [0.5, 0.6) is 0 Å². The van der Waals surface area contributed by atoms with Gasteiger partial charge in [0.05, 0.1) is 16.5 Å². The van der Waals surface area contributed by atoms with Gasteiger partial charge in [-0.3, -0.25) is 0 Å². The molecule has 0 saturated carbocycles. The van der Waals surface area contributed by atoms with Crippen LogP contribution in [0.25, 0.3) is 0 Å². The van der Waals surface area contributed by atoms with E-state index in [1.807, 2.05) is 0 Å². The fraction of sp³-hybridized carbons (Fsp3) is 0.538. The summed E-state index contributed by atoms with van der Waals surface area (Å²) in [6.45, 7) is 5.49. The lowest BCUT2D eigenvalue weighted by Crippen LogP contribution is -2.27. The predicted octanol–water partition coefficient (Wildman–Crippen LogP) is 3.44. The van der Waals surface area contributed by atoms with Gasteiger partial charge in [-0.15, -0.1) is 0 Å². The minimum Gasteiger partial charge on any atom is -0.380 e. The standard InChI is InChI=1S/C13H19BrClNO3S/c1-10(2)5-7-19-8-6-16-20(17,18)11-3-4-13(15)12(14)9-11/h3-4,9-10,16H,5-8H2,1-2H3. The van der Waals surface area contributed by atoms with Gasteiger partial charge in [0, 0.05) is 17.6 Å². The van der Waals surface area contributed by atoms with Gasteiger partial charge >= 0.3 is 0 Å². The third kappa shape index (κ3) is 6.10. The van der Waals surface area contributed by atoms with E-state index in [0.717, 1.165) is 6.42 Å². The maximum atomic E-state index is 12.0. The summed E-state index contributed by atoms with van der Waals surface area (Å²) in [5.74, 6) is 0.582. The molecule has 0 bridgehead atoms. The molecule has 0 radical (unpaired) electrons. The van der Waals surface area contributed by atoms with E-state index in [0.29, 0.717) is 28.6 Å². The molecule has 1 aromatic rings. The molecule has 0 fully saturated rings. The monoisotopic (exact) mass is 383 g/mol. The zero-order chi connectivity index (χ0) is 15.2. The van der Waals surface area contributed by atoms with Gasteiger partial charge < -0.3 is 4.74 Å². The second-order valence-corrected chi connectivity index (χ2v) is 7.80. The molecule has 0 spiro atoms. The number of sulfonamides is 1. The molecule has 0 aliphatic heterocycles. The molecule has 0 unspecified atom stereocenters. The number of benzene rings is 1. The molecule has 1 rings (SSSR count). The minimum atomic E-state index is -3.52. The minimum absolute atomic E-state index is 0.177. The third-order valence-electron chi connectivity index (χ3n) is 2.58. The summed E-state index contributed by atoms with van der Waals surface area (Å²) in [5.41, 5.74) is 0. The third-order valence-corrected chi connectivity index (χ3v) is 5.25. The number of hydrogen-bond donors (Lipinski definition) is 1. The van der Waals surface area contributed by atoms with Crippen LogP contribution < -0.4 is 4.72 Å². The Hall–Kier alpha value is -0.140. The number of rotatable bonds is 8. The van der Waals surface area contributed by atoms with Crippen molar-refractivity contribution < 1.29 is 13.2 Å². The summed E-state index contributed by atoms with van der Waals surface area (Å²) >= 11 is 9.04. The number of halogens is 2. The molecule has 0 saturated heterocycles. The quantitative estimate of drug-likeness (QED) is 0.699. The molecular weight excluding hydrogens is 366 g/mol. The van der Waals surface area contributed by atoms with E-state index in [4.69, 9.17) is 16.3 Å². The molecule has 0 amide bonds. The van der Waals surface area contributed by atoms with Gasteiger partial charge in [0.2, 0.25) is 10.0 Å². The second-order valence-electron chi connectivity index (χ2n) is 4.77. The van der Waals surface area contributed by atoms with Crippen LogP contribution in [0, 0.1) is 5.92 Å². The maximum absolute atomic E-state index is 12.0. The fourth-order valence-electron chi connectivity index (χ4n) is 1.40. The number of nitrogens with one attached hydrogen (secondary N) is 1. The van der Waals surface area contributed by atoms with E-state index in [-0.39, 0.29) is 11.4 Å². The zero-order valence-corrected chi connectivity index (χ0v) is 14.7. The van der Waals surface area contributed by atoms with E-state index in [1.165, 1.54) is 12.1 Å². The Morgan fingerprint density at radius 3 is 2.65 bits per heavy atom. The first kappa shape index (κ1) is 17.9. The average Bonchev–Trinajstić information content (AvgIpc) is 2.36. The first-order chi connectivity index (χ1) is 9.33. The van der Waals surface area contributed by atoms with Crippen LogP contribution in [0.2, 0.25) is 5.02 Å². The van der Waals surface area contributed by atoms with Gasteiger partial charge in [0.25, 0.3) is 0 Å². The molecule has 20 heavy (non-hydrogen) atoms.